The number of pyridine rings is 1. The van der Waals surface area contributed by atoms with E-state index in [1.165, 1.54) is 64.1 Å². The minimum Gasteiger partial charge on any atom is -0.496 e. The van der Waals surface area contributed by atoms with Crippen LogP contribution < -0.4 is 24.3 Å². The Hall–Kier alpha value is -5.76. The lowest BCUT2D eigenvalue weighted by atomic mass is 10.1. The first-order valence-corrected chi connectivity index (χ1v) is 15.3. The standard InChI is InChI=1S/C33H26F2N4O7S/c1-18-5-7-21(8-6-18)47(41,42)39-27-16-29(43-2)23(11-19(27)17-37-39)33(40)38-20-12-24(34)32(25(35)13-20)46-28-9-10-36-26-15-31(45-4)30(44-3)14-22(26)28/h5-17H,1-4H3,(H,38,40). The van der Waals surface area contributed by atoms with Crippen molar-refractivity contribution in [2.75, 3.05) is 26.6 Å². The van der Waals surface area contributed by atoms with E-state index in [-0.39, 0.29) is 33.2 Å². The third-order valence-corrected chi connectivity index (χ3v) is 8.94. The van der Waals surface area contributed by atoms with E-state index in [1.54, 1.807) is 24.3 Å². The number of rotatable bonds is 9. The largest absolute Gasteiger partial charge is 0.496 e. The number of carbonyl (C=O) groups excluding carboxylic acids is 1. The highest BCUT2D eigenvalue weighted by Gasteiger charge is 2.24. The molecule has 2 aromatic heterocycles. The number of nitrogens with one attached hydrogen (secondary N) is 1. The summed E-state index contributed by atoms with van der Waals surface area (Å²) in [5.41, 5.74) is 1.26. The fourth-order valence-electron chi connectivity index (χ4n) is 4.95. The lowest BCUT2D eigenvalue weighted by molar-refractivity contribution is 0.102. The molecular formula is C33H26F2N4O7S. The molecule has 0 aliphatic rings. The molecule has 0 radical (unpaired) electrons. The van der Waals surface area contributed by atoms with Crippen LogP contribution in [0.15, 0.2) is 84.0 Å². The molecule has 0 aliphatic carbocycles. The average molecular weight is 661 g/mol. The van der Waals surface area contributed by atoms with Gasteiger partial charge < -0.3 is 24.3 Å². The number of ether oxygens (including phenoxy) is 4. The topological polar surface area (TPSA) is 131 Å². The number of hydrogen-bond donors (Lipinski definition) is 1. The molecule has 4 aromatic carbocycles. The third kappa shape index (κ3) is 5.74. The van der Waals surface area contributed by atoms with Crippen molar-refractivity contribution < 1.29 is 40.9 Å². The van der Waals surface area contributed by atoms with Crippen LogP contribution in [0.4, 0.5) is 14.5 Å². The Labute approximate surface area is 267 Å². The molecule has 0 spiro atoms. The van der Waals surface area contributed by atoms with Crippen molar-refractivity contribution in [2.24, 2.45) is 0 Å². The van der Waals surface area contributed by atoms with Gasteiger partial charge in [-0.15, -0.1) is 0 Å². The van der Waals surface area contributed by atoms with Crippen molar-refractivity contribution in [3.8, 4) is 28.7 Å². The molecule has 1 N–H and O–H groups in total. The first-order chi connectivity index (χ1) is 22.5. The molecule has 2 heterocycles. The molecule has 47 heavy (non-hydrogen) atoms. The molecule has 0 atom stereocenters. The molecule has 11 nitrogen and oxygen atoms in total. The minimum absolute atomic E-state index is 0.00776. The van der Waals surface area contributed by atoms with Gasteiger partial charge in [0, 0.05) is 46.9 Å². The maximum absolute atomic E-state index is 15.3. The van der Waals surface area contributed by atoms with Gasteiger partial charge in [0.15, 0.2) is 28.9 Å². The molecule has 6 aromatic rings. The van der Waals surface area contributed by atoms with Crippen LogP contribution in [0.5, 0.6) is 28.7 Å². The van der Waals surface area contributed by atoms with E-state index in [9.17, 15) is 13.2 Å². The first kappa shape index (κ1) is 31.2. The highest BCUT2D eigenvalue weighted by atomic mass is 32.2. The van der Waals surface area contributed by atoms with Crippen molar-refractivity contribution in [1.29, 1.82) is 0 Å². The summed E-state index contributed by atoms with van der Waals surface area (Å²) in [6, 6.07) is 15.4. The molecule has 240 valence electrons. The molecule has 0 saturated heterocycles. The Morgan fingerprint density at radius 3 is 2.15 bits per heavy atom. The third-order valence-electron chi connectivity index (χ3n) is 7.32. The second-order valence-corrected chi connectivity index (χ2v) is 12.0. The molecule has 0 saturated carbocycles. The van der Waals surface area contributed by atoms with Crippen LogP contribution >= 0.6 is 0 Å². The fourth-order valence-corrected chi connectivity index (χ4v) is 6.22. The molecule has 0 aliphatic heterocycles. The molecular weight excluding hydrogens is 634 g/mol. The number of fused-ring (bicyclic) bond motifs is 2. The van der Waals surface area contributed by atoms with Gasteiger partial charge in [-0.25, -0.2) is 8.78 Å². The van der Waals surface area contributed by atoms with Gasteiger partial charge in [0.25, 0.3) is 15.9 Å². The molecule has 0 fully saturated rings. The Kier molecular flexibility index (Phi) is 8.11. The van der Waals surface area contributed by atoms with Crippen LogP contribution in [0.1, 0.15) is 15.9 Å². The molecule has 1 amide bonds. The average Bonchev–Trinajstić information content (AvgIpc) is 3.49. The van der Waals surface area contributed by atoms with E-state index < -0.39 is 33.3 Å². The first-order valence-electron chi connectivity index (χ1n) is 13.9. The molecule has 14 heteroatoms. The number of anilines is 1. The van der Waals surface area contributed by atoms with Crippen molar-refractivity contribution in [3.63, 3.8) is 0 Å². The predicted molar refractivity (Wildman–Crippen MR) is 169 cm³/mol. The molecule has 6 rings (SSSR count). The number of aryl methyl sites for hydroxylation is 1. The van der Waals surface area contributed by atoms with Crippen molar-refractivity contribution >= 4 is 43.4 Å². The fraction of sp³-hybridized carbons (Fsp3) is 0.121. The Morgan fingerprint density at radius 2 is 1.49 bits per heavy atom. The van der Waals surface area contributed by atoms with Gasteiger partial charge in [-0.2, -0.15) is 17.6 Å². The number of amides is 1. The van der Waals surface area contributed by atoms with Gasteiger partial charge in [-0.1, -0.05) is 17.7 Å². The number of nitrogens with zero attached hydrogens (tertiary/aromatic N) is 3. The molecule has 0 unspecified atom stereocenters. The van der Waals surface area contributed by atoms with Gasteiger partial charge in [0.05, 0.1) is 49.0 Å². The summed E-state index contributed by atoms with van der Waals surface area (Å²) in [5.74, 6) is -2.75. The maximum Gasteiger partial charge on any atom is 0.283 e. The summed E-state index contributed by atoms with van der Waals surface area (Å²) >= 11 is 0. The van der Waals surface area contributed by atoms with Crippen LogP contribution in [0.25, 0.3) is 21.8 Å². The summed E-state index contributed by atoms with van der Waals surface area (Å²) < 4.78 is 79.6. The Morgan fingerprint density at radius 1 is 0.830 bits per heavy atom. The van der Waals surface area contributed by atoms with Crippen LogP contribution in [0.2, 0.25) is 0 Å². The Bertz CT molecular complexity index is 2270. The predicted octanol–water partition coefficient (Wildman–Crippen LogP) is 6.48. The highest BCUT2D eigenvalue weighted by molar-refractivity contribution is 7.90. The SMILES string of the molecule is COc1cc2nccc(Oc3c(F)cc(NC(=O)c4cc5cnn(S(=O)(=O)c6ccc(C)cc6)c5cc4OC)cc3F)c2cc1OC. The summed E-state index contributed by atoms with van der Waals surface area (Å²) in [5, 5.41) is 7.22. The van der Waals surface area contributed by atoms with Gasteiger partial charge in [0.1, 0.15) is 11.5 Å². The van der Waals surface area contributed by atoms with Crippen molar-refractivity contribution in [3.05, 3.63) is 102 Å². The normalized spacial score (nSPS) is 11.4. The second-order valence-electron chi connectivity index (χ2n) is 10.3. The quantitative estimate of drug-likeness (QED) is 0.185. The van der Waals surface area contributed by atoms with Gasteiger partial charge in [0.2, 0.25) is 0 Å². The van der Waals surface area contributed by atoms with E-state index in [1.807, 2.05) is 6.92 Å². The summed E-state index contributed by atoms with van der Waals surface area (Å²) in [6.07, 6.45) is 2.71. The number of aromatic nitrogens is 3. The van der Waals surface area contributed by atoms with Crippen LogP contribution in [-0.4, -0.2) is 49.8 Å². The number of carbonyl (C=O) groups is 1. The smallest absolute Gasteiger partial charge is 0.283 e. The zero-order valence-electron chi connectivity index (χ0n) is 25.4. The zero-order chi connectivity index (χ0) is 33.5. The highest BCUT2D eigenvalue weighted by Crippen LogP contribution is 2.39. The summed E-state index contributed by atoms with van der Waals surface area (Å²) in [6.45, 7) is 1.84. The summed E-state index contributed by atoms with van der Waals surface area (Å²) in [7, 11) is 0.155. The maximum atomic E-state index is 15.3. The lowest BCUT2D eigenvalue weighted by Crippen LogP contribution is -2.15. The van der Waals surface area contributed by atoms with Crippen LogP contribution in [-0.2, 0) is 10.0 Å². The Balaban J connectivity index is 1.28. The number of halogens is 2. The number of benzene rings is 4. The van der Waals surface area contributed by atoms with Crippen LogP contribution in [0.3, 0.4) is 0 Å². The molecule has 0 bridgehead atoms. The van der Waals surface area contributed by atoms with Gasteiger partial charge in [-0.05, 0) is 37.3 Å². The zero-order valence-corrected chi connectivity index (χ0v) is 26.2. The van der Waals surface area contributed by atoms with E-state index in [2.05, 4.69) is 15.4 Å². The van der Waals surface area contributed by atoms with E-state index in [0.29, 0.717) is 27.8 Å². The number of methoxy groups -OCH3 is 3. The van der Waals surface area contributed by atoms with Gasteiger partial charge in [-0.3, -0.25) is 9.78 Å². The number of hydrogen-bond acceptors (Lipinski definition) is 9. The van der Waals surface area contributed by atoms with Crippen LogP contribution in [0, 0.1) is 18.6 Å². The summed E-state index contributed by atoms with van der Waals surface area (Å²) in [4.78, 5) is 17.6. The van der Waals surface area contributed by atoms with E-state index in [4.69, 9.17) is 18.9 Å². The van der Waals surface area contributed by atoms with Crippen molar-refractivity contribution in [1.82, 2.24) is 14.2 Å². The minimum atomic E-state index is -4.06. The lowest BCUT2D eigenvalue weighted by Gasteiger charge is -2.14. The van der Waals surface area contributed by atoms with Crippen molar-refractivity contribution in [2.45, 2.75) is 11.8 Å². The monoisotopic (exact) mass is 660 g/mol. The van der Waals surface area contributed by atoms with E-state index >= 15 is 8.78 Å². The second kappa shape index (κ2) is 12.2. The van der Waals surface area contributed by atoms with Gasteiger partial charge >= 0.3 is 0 Å². The van der Waals surface area contributed by atoms with E-state index in [0.717, 1.165) is 21.8 Å².